The van der Waals surface area contributed by atoms with E-state index in [9.17, 15) is 0 Å². The van der Waals surface area contributed by atoms with Crippen LogP contribution < -0.4 is 0 Å². The molecule has 0 aromatic rings. The van der Waals surface area contributed by atoms with Crippen molar-refractivity contribution in [2.75, 3.05) is 0 Å². The van der Waals surface area contributed by atoms with Crippen LogP contribution in [0.2, 0.25) is 0 Å². The Kier molecular flexibility index (Phi) is 5.00. The topological polar surface area (TPSA) is 0 Å². The van der Waals surface area contributed by atoms with E-state index in [4.69, 9.17) is 0 Å². The first kappa shape index (κ1) is 9.48. The molecule has 0 saturated carbocycles. The quantitative estimate of drug-likeness (QED) is 0.521. The molecule has 0 aromatic heterocycles. The van der Waals surface area contributed by atoms with Gasteiger partial charge in [0, 0.05) is 0 Å². The van der Waals surface area contributed by atoms with E-state index in [1.165, 1.54) is 12.0 Å². The van der Waals surface area contributed by atoms with E-state index < -0.39 is 0 Å². The SMILES string of the molecule is C=C(/C=C\C(C)C)CCC. The van der Waals surface area contributed by atoms with Crippen molar-refractivity contribution in [2.24, 2.45) is 5.92 Å². The zero-order valence-corrected chi connectivity index (χ0v) is 7.35. The maximum atomic E-state index is 3.93. The number of hydrogen-bond acceptors (Lipinski definition) is 0. The van der Waals surface area contributed by atoms with Crippen LogP contribution in [0.4, 0.5) is 0 Å². The van der Waals surface area contributed by atoms with Gasteiger partial charge in [0.15, 0.2) is 0 Å². The van der Waals surface area contributed by atoms with E-state index in [1.807, 2.05) is 0 Å². The van der Waals surface area contributed by atoms with Crippen LogP contribution in [0.1, 0.15) is 33.6 Å². The average molecular weight is 138 g/mol. The van der Waals surface area contributed by atoms with Crippen LogP contribution in [-0.4, -0.2) is 0 Å². The monoisotopic (exact) mass is 138 g/mol. The van der Waals surface area contributed by atoms with E-state index in [0.717, 1.165) is 6.42 Å². The summed E-state index contributed by atoms with van der Waals surface area (Å²) in [5.74, 6) is 0.647. The van der Waals surface area contributed by atoms with Gasteiger partial charge < -0.3 is 0 Å². The molecule has 0 heterocycles. The van der Waals surface area contributed by atoms with E-state index in [0.29, 0.717) is 5.92 Å². The molecule has 0 aliphatic rings. The van der Waals surface area contributed by atoms with Gasteiger partial charge in [-0.05, 0) is 12.3 Å². The third kappa shape index (κ3) is 5.61. The zero-order chi connectivity index (χ0) is 7.98. The van der Waals surface area contributed by atoms with Crippen molar-refractivity contribution < 1.29 is 0 Å². The van der Waals surface area contributed by atoms with Crippen LogP contribution in [0, 0.1) is 5.92 Å². The van der Waals surface area contributed by atoms with E-state index in [-0.39, 0.29) is 0 Å². The molecule has 0 rings (SSSR count). The van der Waals surface area contributed by atoms with Gasteiger partial charge in [0.1, 0.15) is 0 Å². The van der Waals surface area contributed by atoms with Gasteiger partial charge >= 0.3 is 0 Å². The largest absolute Gasteiger partial charge is 0.0958 e. The summed E-state index contributed by atoms with van der Waals surface area (Å²) in [5.41, 5.74) is 1.25. The average Bonchev–Trinajstić information content (AvgIpc) is 1.85. The van der Waals surface area contributed by atoms with Crippen molar-refractivity contribution in [3.8, 4) is 0 Å². The highest BCUT2D eigenvalue weighted by Crippen LogP contribution is 2.05. The van der Waals surface area contributed by atoms with Crippen LogP contribution in [0.3, 0.4) is 0 Å². The minimum absolute atomic E-state index is 0.647. The molecule has 10 heavy (non-hydrogen) atoms. The molecule has 0 nitrogen and oxygen atoms in total. The Labute approximate surface area is 64.6 Å². The first-order chi connectivity index (χ1) is 4.66. The number of hydrogen-bond donors (Lipinski definition) is 0. The predicted molar refractivity (Wildman–Crippen MR) is 48.0 cm³/mol. The summed E-state index contributed by atoms with van der Waals surface area (Å²) < 4.78 is 0. The van der Waals surface area contributed by atoms with Crippen LogP contribution in [0.25, 0.3) is 0 Å². The number of allylic oxidation sites excluding steroid dienone is 3. The Bertz CT molecular complexity index is 118. The van der Waals surface area contributed by atoms with Crippen molar-refractivity contribution in [3.05, 3.63) is 24.3 Å². The molecule has 0 atom stereocenters. The second-order valence-electron chi connectivity index (χ2n) is 3.01. The fourth-order valence-corrected chi connectivity index (χ4v) is 0.733. The molecule has 0 fully saturated rings. The smallest absolute Gasteiger partial charge is 0.0287 e. The molecule has 0 spiro atoms. The molecular formula is C10H18. The van der Waals surface area contributed by atoms with Gasteiger partial charge in [-0.3, -0.25) is 0 Å². The van der Waals surface area contributed by atoms with Crippen LogP contribution in [0.5, 0.6) is 0 Å². The molecule has 0 unspecified atom stereocenters. The first-order valence-electron chi connectivity index (χ1n) is 4.02. The summed E-state index contributed by atoms with van der Waals surface area (Å²) in [7, 11) is 0. The molecule has 0 bridgehead atoms. The Morgan fingerprint density at radius 2 is 2.10 bits per heavy atom. The van der Waals surface area contributed by atoms with Gasteiger partial charge in [0.2, 0.25) is 0 Å². The second kappa shape index (κ2) is 5.28. The normalized spacial score (nSPS) is 11.2. The summed E-state index contributed by atoms with van der Waals surface area (Å²) in [5, 5.41) is 0. The fourth-order valence-electron chi connectivity index (χ4n) is 0.733. The standard InChI is InChI=1S/C10H18/c1-5-6-10(4)8-7-9(2)3/h7-9H,4-6H2,1-3H3/b8-7-. The lowest BCUT2D eigenvalue weighted by Crippen LogP contribution is -1.79. The highest BCUT2D eigenvalue weighted by Gasteiger charge is 1.86. The Balaban J connectivity index is 3.56. The Hall–Kier alpha value is -0.520. The number of rotatable bonds is 4. The molecule has 0 amide bonds. The summed E-state index contributed by atoms with van der Waals surface area (Å²) in [6, 6.07) is 0. The van der Waals surface area contributed by atoms with Crippen molar-refractivity contribution >= 4 is 0 Å². The lowest BCUT2D eigenvalue weighted by Gasteiger charge is -1.96. The minimum atomic E-state index is 0.647. The van der Waals surface area contributed by atoms with Crippen molar-refractivity contribution in [1.82, 2.24) is 0 Å². The van der Waals surface area contributed by atoms with Crippen molar-refractivity contribution in [1.29, 1.82) is 0 Å². The van der Waals surface area contributed by atoms with E-state index >= 15 is 0 Å². The molecule has 0 aliphatic carbocycles. The third-order valence-corrected chi connectivity index (χ3v) is 1.29. The maximum Gasteiger partial charge on any atom is -0.0287 e. The summed E-state index contributed by atoms with van der Waals surface area (Å²) in [4.78, 5) is 0. The summed E-state index contributed by atoms with van der Waals surface area (Å²) >= 11 is 0. The Morgan fingerprint density at radius 1 is 1.50 bits per heavy atom. The van der Waals surface area contributed by atoms with Crippen molar-refractivity contribution in [2.45, 2.75) is 33.6 Å². The van der Waals surface area contributed by atoms with Gasteiger partial charge in [-0.1, -0.05) is 51.5 Å². The van der Waals surface area contributed by atoms with E-state index in [2.05, 4.69) is 39.5 Å². The van der Waals surface area contributed by atoms with Gasteiger partial charge in [0.25, 0.3) is 0 Å². The minimum Gasteiger partial charge on any atom is -0.0958 e. The Morgan fingerprint density at radius 3 is 2.50 bits per heavy atom. The maximum absolute atomic E-state index is 3.93. The molecule has 0 radical (unpaired) electrons. The summed E-state index contributed by atoms with van der Waals surface area (Å²) in [6.45, 7) is 10.5. The molecule has 0 saturated heterocycles. The van der Waals surface area contributed by atoms with Gasteiger partial charge in [-0.25, -0.2) is 0 Å². The predicted octanol–water partition coefficient (Wildman–Crippen LogP) is 3.55. The third-order valence-electron chi connectivity index (χ3n) is 1.29. The lowest BCUT2D eigenvalue weighted by molar-refractivity contribution is 0.827. The molecule has 0 aromatic carbocycles. The zero-order valence-electron chi connectivity index (χ0n) is 7.35. The van der Waals surface area contributed by atoms with Gasteiger partial charge in [0.05, 0.1) is 0 Å². The lowest BCUT2D eigenvalue weighted by atomic mass is 10.1. The second-order valence-corrected chi connectivity index (χ2v) is 3.01. The van der Waals surface area contributed by atoms with Crippen LogP contribution >= 0.6 is 0 Å². The fraction of sp³-hybridized carbons (Fsp3) is 0.600. The highest BCUT2D eigenvalue weighted by atomic mass is 13.9. The van der Waals surface area contributed by atoms with Gasteiger partial charge in [-0.15, -0.1) is 0 Å². The molecular weight excluding hydrogens is 120 g/mol. The first-order valence-corrected chi connectivity index (χ1v) is 4.02. The van der Waals surface area contributed by atoms with Crippen LogP contribution in [0.15, 0.2) is 24.3 Å². The molecule has 0 aliphatic heterocycles. The van der Waals surface area contributed by atoms with Crippen molar-refractivity contribution in [3.63, 3.8) is 0 Å². The van der Waals surface area contributed by atoms with Crippen LogP contribution in [-0.2, 0) is 0 Å². The highest BCUT2D eigenvalue weighted by molar-refractivity contribution is 5.14. The van der Waals surface area contributed by atoms with E-state index in [1.54, 1.807) is 0 Å². The molecule has 0 N–H and O–H groups in total. The molecule has 58 valence electrons. The van der Waals surface area contributed by atoms with Gasteiger partial charge in [-0.2, -0.15) is 0 Å². The summed E-state index contributed by atoms with van der Waals surface area (Å²) in [6.07, 6.45) is 6.65. The molecule has 0 heteroatoms.